The summed E-state index contributed by atoms with van der Waals surface area (Å²) in [4.78, 5) is 11.7. The maximum Gasteiger partial charge on any atom is 0.256 e. The maximum atomic E-state index is 11.7. The highest BCUT2D eigenvalue weighted by molar-refractivity contribution is 5.98. The summed E-state index contributed by atoms with van der Waals surface area (Å²) in [5.41, 5.74) is 5.98. The summed E-state index contributed by atoms with van der Waals surface area (Å²) in [7, 11) is 0. The Morgan fingerprint density at radius 3 is 3.12 bits per heavy atom. The molecule has 0 aromatic carbocycles. The van der Waals surface area contributed by atoms with E-state index >= 15 is 0 Å². The van der Waals surface area contributed by atoms with Gasteiger partial charge in [-0.05, 0) is 25.2 Å². The second-order valence-electron chi connectivity index (χ2n) is 4.06. The summed E-state index contributed by atoms with van der Waals surface area (Å²) < 4.78 is 0. The first-order valence-corrected chi connectivity index (χ1v) is 5.49. The highest BCUT2D eigenvalue weighted by Gasteiger charge is 2.14. The molecule has 16 heavy (non-hydrogen) atoms. The van der Waals surface area contributed by atoms with Crippen LogP contribution in [-0.2, 0) is 0 Å². The van der Waals surface area contributed by atoms with Crippen molar-refractivity contribution in [2.75, 3.05) is 12.3 Å². The van der Waals surface area contributed by atoms with Gasteiger partial charge < -0.3 is 11.1 Å². The molecule has 86 valence electrons. The number of rotatable bonds is 3. The number of hydrogen-bond acceptors (Lipinski definition) is 3. The van der Waals surface area contributed by atoms with Crippen molar-refractivity contribution in [2.24, 2.45) is 5.92 Å². The SMILES string of the molecule is Nc1[nH]ncc1C(=O)NCC1CC=CCC1. The standard InChI is InChI=1S/C11H16N4O/c12-10-9(7-14-15-10)11(16)13-6-8-4-2-1-3-5-8/h1-2,7-8H,3-6H2,(H,13,16)(H3,12,14,15). The Kier molecular flexibility index (Phi) is 3.24. The van der Waals surface area contributed by atoms with E-state index in [1.807, 2.05) is 0 Å². The summed E-state index contributed by atoms with van der Waals surface area (Å²) in [6.45, 7) is 0.702. The Morgan fingerprint density at radius 1 is 1.62 bits per heavy atom. The van der Waals surface area contributed by atoms with E-state index in [-0.39, 0.29) is 5.91 Å². The van der Waals surface area contributed by atoms with Crippen molar-refractivity contribution < 1.29 is 4.79 Å². The van der Waals surface area contributed by atoms with E-state index in [1.165, 1.54) is 6.20 Å². The first kappa shape index (κ1) is 10.7. The van der Waals surface area contributed by atoms with Gasteiger partial charge in [0.05, 0.1) is 6.20 Å². The zero-order chi connectivity index (χ0) is 11.4. The highest BCUT2D eigenvalue weighted by atomic mass is 16.1. The number of carbonyl (C=O) groups excluding carboxylic acids is 1. The van der Waals surface area contributed by atoms with Crippen molar-refractivity contribution in [3.05, 3.63) is 23.9 Å². The molecule has 5 nitrogen and oxygen atoms in total. The zero-order valence-electron chi connectivity index (χ0n) is 9.07. The Labute approximate surface area is 94.1 Å². The van der Waals surface area contributed by atoms with Gasteiger partial charge >= 0.3 is 0 Å². The predicted molar refractivity (Wildman–Crippen MR) is 61.8 cm³/mol. The summed E-state index contributed by atoms with van der Waals surface area (Å²) in [6, 6.07) is 0. The van der Waals surface area contributed by atoms with Crippen LogP contribution in [0, 0.1) is 5.92 Å². The van der Waals surface area contributed by atoms with Gasteiger partial charge in [-0.2, -0.15) is 5.10 Å². The number of aromatic nitrogens is 2. The van der Waals surface area contributed by atoms with Crippen LogP contribution in [0.3, 0.4) is 0 Å². The Morgan fingerprint density at radius 2 is 2.50 bits per heavy atom. The lowest BCUT2D eigenvalue weighted by atomic mass is 9.94. The van der Waals surface area contributed by atoms with E-state index < -0.39 is 0 Å². The van der Waals surface area contributed by atoms with Crippen molar-refractivity contribution in [3.8, 4) is 0 Å². The third-order valence-corrected chi connectivity index (χ3v) is 2.84. The summed E-state index contributed by atoms with van der Waals surface area (Å²) in [5, 5.41) is 9.14. The number of nitrogen functional groups attached to an aromatic ring is 1. The summed E-state index contributed by atoms with van der Waals surface area (Å²) in [5.74, 6) is 0.712. The molecule has 1 aromatic rings. The van der Waals surface area contributed by atoms with Crippen molar-refractivity contribution >= 4 is 11.7 Å². The minimum absolute atomic E-state index is 0.152. The number of anilines is 1. The first-order valence-electron chi connectivity index (χ1n) is 5.49. The van der Waals surface area contributed by atoms with Gasteiger partial charge in [0, 0.05) is 6.54 Å². The van der Waals surface area contributed by atoms with E-state index in [0.29, 0.717) is 23.8 Å². The molecular formula is C11H16N4O. The van der Waals surface area contributed by atoms with Gasteiger partial charge in [0.2, 0.25) is 0 Å². The number of carbonyl (C=O) groups is 1. The van der Waals surface area contributed by atoms with Gasteiger partial charge in [0.15, 0.2) is 0 Å². The molecule has 1 aliphatic rings. The molecule has 0 bridgehead atoms. The van der Waals surface area contributed by atoms with E-state index in [9.17, 15) is 4.79 Å². The third-order valence-electron chi connectivity index (χ3n) is 2.84. The fraction of sp³-hybridized carbons (Fsp3) is 0.455. The molecule has 1 atom stereocenters. The fourth-order valence-electron chi connectivity index (χ4n) is 1.85. The minimum atomic E-state index is -0.152. The number of amides is 1. The van der Waals surface area contributed by atoms with Crippen molar-refractivity contribution in [1.82, 2.24) is 15.5 Å². The number of nitrogens with two attached hydrogens (primary N) is 1. The van der Waals surface area contributed by atoms with Gasteiger partial charge in [-0.1, -0.05) is 12.2 Å². The molecule has 5 heteroatoms. The Bertz CT molecular complexity index is 396. The molecule has 1 amide bonds. The van der Waals surface area contributed by atoms with Crippen molar-refractivity contribution in [2.45, 2.75) is 19.3 Å². The lowest BCUT2D eigenvalue weighted by Gasteiger charge is -2.17. The van der Waals surface area contributed by atoms with Crippen LogP contribution in [0.2, 0.25) is 0 Å². The lowest BCUT2D eigenvalue weighted by molar-refractivity contribution is 0.0947. The van der Waals surface area contributed by atoms with Crippen molar-refractivity contribution in [1.29, 1.82) is 0 Å². The molecule has 0 fully saturated rings. The molecule has 1 unspecified atom stereocenters. The van der Waals surface area contributed by atoms with Crippen LogP contribution in [0.1, 0.15) is 29.6 Å². The van der Waals surface area contributed by atoms with Crippen LogP contribution in [0.4, 0.5) is 5.82 Å². The Hall–Kier alpha value is -1.78. The highest BCUT2D eigenvalue weighted by Crippen LogP contribution is 2.17. The average Bonchev–Trinajstić information content (AvgIpc) is 2.74. The summed E-state index contributed by atoms with van der Waals surface area (Å²) >= 11 is 0. The Balaban J connectivity index is 1.84. The monoisotopic (exact) mass is 220 g/mol. The van der Waals surface area contributed by atoms with Crippen LogP contribution < -0.4 is 11.1 Å². The lowest BCUT2D eigenvalue weighted by Crippen LogP contribution is -2.29. The third kappa shape index (κ3) is 2.42. The maximum absolute atomic E-state index is 11.7. The van der Waals surface area contributed by atoms with E-state index in [2.05, 4.69) is 27.7 Å². The minimum Gasteiger partial charge on any atom is -0.383 e. The number of nitrogens with zero attached hydrogens (tertiary/aromatic N) is 1. The zero-order valence-corrected chi connectivity index (χ0v) is 9.07. The smallest absolute Gasteiger partial charge is 0.256 e. The molecule has 1 aromatic heterocycles. The first-order chi connectivity index (χ1) is 7.77. The molecule has 4 N–H and O–H groups in total. The van der Waals surface area contributed by atoms with Gasteiger partial charge in [-0.15, -0.1) is 0 Å². The van der Waals surface area contributed by atoms with Crippen LogP contribution >= 0.6 is 0 Å². The van der Waals surface area contributed by atoms with Crippen molar-refractivity contribution in [3.63, 3.8) is 0 Å². The number of hydrogen-bond donors (Lipinski definition) is 3. The van der Waals surface area contributed by atoms with Gasteiger partial charge in [0.1, 0.15) is 11.4 Å². The van der Waals surface area contributed by atoms with Gasteiger partial charge in [-0.3, -0.25) is 9.89 Å². The topological polar surface area (TPSA) is 83.8 Å². The quantitative estimate of drug-likeness (QED) is 0.666. The predicted octanol–water partition coefficient (Wildman–Crippen LogP) is 1.08. The van der Waals surface area contributed by atoms with Crippen LogP contribution in [0.25, 0.3) is 0 Å². The largest absolute Gasteiger partial charge is 0.383 e. The molecule has 0 aliphatic heterocycles. The summed E-state index contributed by atoms with van der Waals surface area (Å²) in [6.07, 6.45) is 9.09. The molecule has 1 heterocycles. The van der Waals surface area contributed by atoms with Crippen LogP contribution in [-0.4, -0.2) is 22.6 Å². The number of H-pyrrole nitrogens is 1. The molecule has 0 radical (unpaired) electrons. The van der Waals surface area contributed by atoms with Gasteiger partial charge in [0.25, 0.3) is 5.91 Å². The second-order valence-corrected chi connectivity index (χ2v) is 4.06. The number of aromatic amines is 1. The molecule has 0 saturated heterocycles. The number of nitrogens with one attached hydrogen (secondary N) is 2. The molecule has 0 spiro atoms. The van der Waals surface area contributed by atoms with E-state index in [4.69, 9.17) is 5.73 Å². The van der Waals surface area contributed by atoms with E-state index in [1.54, 1.807) is 0 Å². The molecule has 1 aliphatic carbocycles. The van der Waals surface area contributed by atoms with E-state index in [0.717, 1.165) is 19.3 Å². The molecular weight excluding hydrogens is 204 g/mol. The molecule has 2 rings (SSSR count). The van der Waals surface area contributed by atoms with Crippen LogP contribution in [0.5, 0.6) is 0 Å². The normalized spacial score (nSPS) is 19.6. The number of allylic oxidation sites excluding steroid dienone is 2. The average molecular weight is 220 g/mol. The fourth-order valence-corrected chi connectivity index (χ4v) is 1.85. The molecule has 0 saturated carbocycles. The van der Waals surface area contributed by atoms with Crippen LogP contribution in [0.15, 0.2) is 18.3 Å². The van der Waals surface area contributed by atoms with Gasteiger partial charge in [-0.25, -0.2) is 0 Å². The second kappa shape index (κ2) is 4.83.